The molecule has 0 bridgehead atoms. The van der Waals surface area contributed by atoms with Crippen molar-refractivity contribution >= 4 is 34.3 Å². The third kappa shape index (κ3) is 3.32. The summed E-state index contributed by atoms with van der Waals surface area (Å²) in [6.07, 6.45) is 5.21. The van der Waals surface area contributed by atoms with Gasteiger partial charge in [-0.25, -0.2) is 4.68 Å². The van der Waals surface area contributed by atoms with E-state index in [1.165, 1.54) is 16.9 Å². The van der Waals surface area contributed by atoms with Crippen LogP contribution in [0.2, 0.25) is 5.02 Å². The molecule has 0 spiro atoms. The number of thioether (sulfide) groups is 1. The fourth-order valence-corrected chi connectivity index (χ4v) is 4.39. The molecule has 2 aromatic carbocycles. The minimum absolute atomic E-state index is 0.0107. The van der Waals surface area contributed by atoms with Crippen molar-refractivity contribution in [2.45, 2.75) is 36.1 Å². The van der Waals surface area contributed by atoms with Crippen molar-refractivity contribution in [3.8, 4) is 0 Å². The first-order valence-corrected chi connectivity index (χ1v) is 9.63. The average Bonchev–Trinajstić information content (AvgIpc) is 3.06. The van der Waals surface area contributed by atoms with E-state index in [1.54, 1.807) is 11.8 Å². The van der Waals surface area contributed by atoms with Crippen LogP contribution in [0.25, 0.3) is 10.9 Å². The van der Waals surface area contributed by atoms with Crippen molar-refractivity contribution in [1.29, 1.82) is 0 Å². The molecule has 124 valence electrons. The SMILES string of the molecule is Clc1cc(SCc2ccccc2)cc2cnn(C3CCCCO3)c12. The molecule has 24 heavy (non-hydrogen) atoms. The second-order valence-corrected chi connectivity index (χ2v) is 7.48. The van der Waals surface area contributed by atoms with Crippen molar-refractivity contribution in [3.05, 3.63) is 59.2 Å². The highest BCUT2D eigenvalue weighted by atomic mass is 35.5. The highest BCUT2D eigenvalue weighted by Crippen LogP contribution is 2.34. The number of hydrogen-bond donors (Lipinski definition) is 0. The lowest BCUT2D eigenvalue weighted by Crippen LogP contribution is -2.19. The zero-order valence-electron chi connectivity index (χ0n) is 13.3. The van der Waals surface area contributed by atoms with Gasteiger partial charge in [0.2, 0.25) is 0 Å². The number of fused-ring (bicyclic) bond motifs is 1. The largest absolute Gasteiger partial charge is 0.356 e. The second-order valence-electron chi connectivity index (χ2n) is 6.03. The standard InChI is InChI=1S/C19H19ClN2OS/c20-17-11-16(24-13-14-6-2-1-3-7-14)10-15-12-21-22(19(15)17)18-8-4-5-9-23-18/h1-3,6-7,10-12,18H,4-5,8-9,13H2. The van der Waals surface area contributed by atoms with Crippen LogP contribution in [-0.2, 0) is 10.5 Å². The molecule has 1 unspecified atom stereocenters. The lowest BCUT2D eigenvalue weighted by molar-refractivity contribution is -0.0366. The predicted octanol–water partition coefficient (Wildman–Crippen LogP) is 5.68. The Bertz CT molecular complexity index is 828. The number of nitrogens with zero attached hydrogens (tertiary/aromatic N) is 2. The van der Waals surface area contributed by atoms with E-state index in [2.05, 4.69) is 35.4 Å². The summed E-state index contributed by atoms with van der Waals surface area (Å²) < 4.78 is 7.80. The molecule has 1 fully saturated rings. The van der Waals surface area contributed by atoms with Gasteiger partial charge in [-0.2, -0.15) is 5.10 Å². The highest BCUT2D eigenvalue weighted by Gasteiger charge is 2.20. The van der Waals surface area contributed by atoms with Crippen LogP contribution < -0.4 is 0 Å². The Labute approximate surface area is 151 Å². The number of rotatable bonds is 4. The molecule has 1 aromatic heterocycles. The van der Waals surface area contributed by atoms with Gasteiger partial charge in [0.05, 0.1) is 16.7 Å². The number of aromatic nitrogens is 2. The Hall–Kier alpha value is -1.49. The minimum Gasteiger partial charge on any atom is -0.356 e. The first-order chi connectivity index (χ1) is 11.8. The van der Waals surface area contributed by atoms with Gasteiger partial charge in [0.1, 0.15) is 0 Å². The lowest BCUT2D eigenvalue weighted by Gasteiger charge is -2.23. The monoisotopic (exact) mass is 358 g/mol. The number of hydrogen-bond acceptors (Lipinski definition) is 3. The Morgan fingerprint density at radius 2 is 2.08 bits per heavy atom. The van der Waals surface area contributed by atoms with E-state index in [1.807, 2.05) is 23.0 Å². The smallest absolute Gasteiger partial charge is 0.150 e. The minimum atomic E-state index is 0.0107. The van der Waals surface area contributed by atoms with Crippen LogP contribution in [-0.4, -0.2) is 16.4 Å². The van der Waals surface area contributed by atoms with Crippen LogP contribution in [0.1, 0.15) is 31.1 Å². The molecule has 1 atom stereocenters. The fraction of sp³-hybridized carbons (Fsp3) is 0.316. The molecule has 1 aliphatic heterocycles. The molecule has 3 aromatic rings. The molecular formula is C19H19ClN2OS. The van der Waals surface area contributed by atoms with Gasteiger partial charge in [-0.3, -0.25) is 0 Å². The zero-order valence-corrected chi connectivity index (χ0v) is 14.9. The fourth-order valence-electron chi connectivity index (χ4n) is 3.08. The predicted molar refractivity (Wildman–Crippen MR) is 99.6 cm³/mol. The van der Waals surface area contributed by atoms with Crippen molar-refractivity contribution < 1.29 is 4.74 Å². The van der Waals surface area contributed by atoms with Crippen LogP contribution in [0.4, 0.5) is 0 Å². The molecule has 0 N–H and O–H groups in total. The molecule has 3 nitrogen and oxygen atoms in total. The van der Waals surface area contributed by atoms with Gasteiger partial charge in [-0.1, -0.05) is 41.9 Å². The van der Waals surface area contributed by atoms with Crippen molar-refractivity contribution in [3.63, 3.8) is 0 Å². The maximum atomic E-state index is 6.58. The second kappa shape index (κ2) is 7.18. The molecule has 0 radical (unpaired) electrons. The van der Waals surface area contributed by atoms with Crippen LogP contribution in [0, 0.1) is 0 Å². The summed E-state index contributed by atoms with van der Waals surface area (Å²) in [5.41, 5.74) is 2.29. The molecule has 0 aliphatic carbocycles. The summed E-state index contributed by atoms with van der Waals surface area (Å²) in [4.78, 5) is 1.17. The first kappa shape index (κ1) is 16.0. The van der Waals surface area contributed by atoms with Gasteiger partial charge in [0, 0.05) is 22.6 Å². The van der Waals surface area contributed by atoms with Crippen molar-refractivity contribution in [2.75, 3.05) is 6.61 Å². The molecule has 0 amide bonds. The number of ether oxygens (including phenoxy) is 1. The van der Waals surface area contributed by atoms with E-state index in [0.29, 0.717) is 0 Å². The topological polar surface area (TPSA) is 27.1 Å². The molecule has 4 rings (SSSR count). The van der Waals surface area contributed by atoms with Gasteiger partial charge < -0.3 is 4.74 Å². The summed E-state index contributed by atoms with van der Waals surface area (Å²) in [6.45, 7) is 0.800. The van der Waals surface area contributed by atoms with Gasteiger partial charge >= 0.3 is 0 Å². The summed E-state index contributed by atoms with van der Waals surface area (Å²) in [5.74, 6) is 0.933. The van der Waals surface area contributed by atoms with Crippen LogP contribution in [0.3, 0.4) is 0 Å². The van der Waals surface area contributed by atoms with Crippen LogP contribution >= 0.6 is 23.4 Å². The first-order valence-electron chi connectivity index (χ1n) is 8.26. The quantitative estimate of drug-likeness (QED) is 0.561. The summed E-state index contributed by atoms with van der Waals surface area (Å²) in [6, 6.07) is 14.7. The molecule has 2 heterocycles. The highest BCUT2D eigenvalue weighted by molar-refractivity contribution is 7.98. The summed E-state index contributed by atoms with van der Waals surface area (Å²) >= 11 is 8.37. The Balaban J connectivity index is 1.59. The molecule has 1 saturated heterocycles. The van der Waals surface area contributed by atoms with Crippen molar-refractivity contribution in [2.24, 2.45) is 0 Å². The Morgan fingerprint density at radius 3 is 2.88 bits per heavy atom. The summed E-state index contributed by atoms with van der Waals surface area (Å²) in [7, 11) is 0. The van der Waals surface area contributed by atoms with Gasteiger partial charge in [0.15, 0.2) is 6.23 Å². The van der Waals surface area contributed by atoms with Gasteiger partial charge in [0.25, 0.3) is 0 Å². The third-order valence-electron chi connectivity index (χ3n) is 4.29. The molecular weight excluding hydrogens is 340 g/mol. The van der Waals surface area contributed by atoms with Crippen LogP contribution in [0.15, 0.2) is 53.6 Å². The summed E-state index contributed by atoms with van der Waals surface area (Å²) in [5, 5.41) is 6.36. The van der Waals surface area contributed by atoms with Crippen LogP contribution in [0.5, 0.6) is 0 Å². The Morgan fingerprint density at radius 1 is 1.21 bits per heavy atom. The molecule has 0 saturated carbocycles. The number of benzene rings is 2. The Kier molecular flexibility index (Phi) is 4.79. The maximum Gasteiger partial charge on any atom is 0.150 e. The van der Waals surface area contributed by atoms with E-state index in [9.17, 15) is 0 Å². The molecule has 5 heteroatoms. The zero-order chi connectivity index (χ0) is 16.4. The van der Waals surface area contributed by atoms with E-state index in [4.69, 9.17) is 16.3 Å². The normalized spacial score (nSPS) is 18.1. The lowest BCUT2D eigenvalue weighted by atomic mass is 10.2. The third-order valence-corrected chi connectivity index (χ3v) is 5.63. The van der Waals surface area contributed by atoms with E-state index < -0.39 is 0 Å². The molecule has 1 aliphatic rings. The van der Waals surface area contributed by atoms with E-state index in [-0.39, 0.29) is 6.23 Å². The average molecular weight is 359 g/mol. The maximum absolute atomic E-state index is 6.58. The van der Waals surface area contributed by atoms with Gasteiger partial charge in [-0.15, -0.1) is 11.8 Å². The van der Waals surface area contributed by atoms with Gasteiger partial charge in [-0.05, 0) is 37.0 Å². The van der Waals surface area contributed by atoms with E-state index >= 15 is 0 Å². The van der Waals surface area contributed by atoms with Crippen molar-refractivity contribution in [1.82, 2.24) is 9.78 Å². The number of halogens is 1. The van der Waals surface area contributed by atoms with E-state index in [0.717, 1.165) is 41.1 Å².